The molecule has 3 fully saturated rings. The first-order valence-electron chi connectivity index (χ1n) is 6.28. The van der Waals surface area contributed by atoms with Gasteiger partial charge in [-0.2, -0.15) is 0 Å². The van der Waals surface area contributed by atoms with Crippen molar-refractivity contribution in [1.82, 2.24) is 0 Å². The Morgan fingerprint density at radius 2 is 1.67 bits per heavy atom. The number of aliphatic hydroxyl groups excluding tert-OH is 1. The summed E-state index contributed by atoms with van der Waals surface area (Å²) in [6.07, 6.45) is -2.53. The zero-order chi connectivity index (χ0) is 13.1. The van der Waals surface area contributed by atoms with Crippen molar-refractivity contribution in [3.8, 4) is 0 Å². The number of aliphatic hydroxyl groups is 1. The fraction of sp³-hybridized carbons (Fsp3) is 1.00. The van der Waals surface area contributed by atoms with Gasteiger partial charge >= 0.3 is 0 Å². The van der Waals surface area contributed by atoms with E-state index in [1.807, 2.05) is 13.8 Å². The first-order chi connectivity index (χ1) is 8.27. The molecule has 3 saturated heterocycles. The van der Waals surface area contributed by atoms with Crippen LogP contribution in [0.15, 0.2) is 0 Å². The molecule has 0 aromatic carbocycles. The maximum absolute atomic E-state index is 10.3. The molecular weight excluding hydrogens is 240 g/mol. The molecule has 0 amide bonds. The van der Waals surface area contributed by atoms with Crippen LogP contribution in [0, 0.1) is 0 Å². The highest BCUT2D eigenvalue weighted by molar-refractivity contribution is 4.97. The molecule has 3 heterocycles. The minimum Gasteiger partial charge on any atom is -0.387 e. The van der Waals surface area contributed by atoms with Gasteiger partial charge < -0.3 is 28.8 Å². The second-order valence-electron chi connectivity index (χ2n) is 5.93. The number of fused-ring (bicyclic) bond motifs is 1. The highest BCUT2D eigenvalue weighted by atomic mass is 16.8. The minimum atomic E-state index is -0.765. The van der Waals surface area contributed by atoms with Gasteiger partial charge in [-0.15, -0.1) is 0 Å². The van der Waals surface area contributed by atoms with Crippen LogP contribution in [0.2, 0.25) is 0 Å². The van der Waals surface area contributed by atoms with Crippen molar-refractivity contribution in [2.45, 2.75) is 70.0 Å². The Morgan fingerprint density at radius 3 is 2.22 bits per heavy atom. The van der Waals surface area contributed by atoms with Gasteiger partial charge in [0.15, 0.2) is 17.9 Å². The molecule has 0 spiro atoms. The van der Waals surface area contributed by atoms with Gasteiger partial charge in [-0.05, 0) is 27.7 Å². The van der Waals surface area contributed by atoms with E-state index in [-0.39, 0.29) is 6.10 Å². The number of hydrogen-bond donors (Lipinski definition) is 1. The van der Waals surface area contributed by atoms with E-state index in [1.54, 1.807) is 13.8 Å². The molecule has 0 saturated carbocycles. The van der Waals surface area contributed by atoms with E-state index in [0.717, 1.165) is 0 Å². The maximum Gasteiger partial charge on any atom is 0.190 e. The Labute approximate surface area is 106 Å². The molecule has 18 heavy (non-hydrogen) atoms. The Morgan fingerprint density at radius 1 is 0.944 bits per heavy atom. The molecule has 0 aromatic heterocycles. The summed E-state index contributed by atoms with van der Waals surface area (Å²) >= 11 is 0. The van der Waals surface area contributed by atoms with Crippen LogP contribution in [-0.4, -0.2) is 54.0 Å². The van der Waals surface area contributed by atoms with E-state index in [4.69, 9.17) is 23.7 Å². The molecular formula is C12H20O6. The third-order valence-electron chi connectivity index (χ3n) is 3.45. The van der Waals surface area contributed by atoms with Crippen LogP contribution in [0.4, 0.5) is 0 Å². The SMILES string of the molecule is CC1(C)OCC([C@H]2O[C@@H]3OC(C)(C)OC3[C@@H]2O)O1. The molecule has 6 heteroatoms. The van der Waals surface area contributed by atoms with Gasteiger partial charge in [0.1, 0.15) is 24.4 Å². The maximum atomic E-state index is 10.3. The third-order valence-corrected chi connectivity index (χ3v) is 3.45. The average molecular weight is 260 g/mol. The zero-order valence-corrected chi connectivity index (χ0v) is 11.1. The lowest BCUT2D eigenvalue weighted by Crippen LogP contribution is -2.42. The van der Waals surface area contributed by atoms with Gasteiger partial charge in [0.25, 0.3) is 0 Å². The lowest BCUT2D eigenvalue weighted by molar-refractivity contribution is -0.232. The molecule has 0 aromatic rings. The van der Waals surface area contributed by atoms with E-state index in [2.05, 4.69) is 0 Å². The lowest BCUT2D eigenvalue weighted by Gasteiger charge is -2.26. The van der Waals surface area contributed by atoms with E-state index in [9.17, 15) is 5.11 Å². The summed E-state index contributed by atoms with van der Waals surface area (Å²) in [5.74, 6) is -1.35. The molecule has 0 bridgehead atoms. The highest BCUT2D eigenvalue weighted by Crippen LogP contribution is 2.40. The summed E-state index contributed by atoms with van der Waals surface area (Å²) in [5, 5.41) is 10.3. The summed E-state index contributed by atoms with van der Waals surface area (Å²) < 4.78 is 28.1. The van der Waals surface area contributed by atoms with Crippen LogP contribution in [0.5, 0.6) is 0 Å². The highest BCUT2D eigenvalue weighted by Gasteiger charge is 2.57. The molecule has 3 aliphatic heterocycles. The molecule has 1 N–H and O–H groups in total. The molecule has 3 rings (SSSR count). The van der Waals surface area contributed by atoms with Crippen LogP contribution >= 0.6 is 0 Å². The average Bonchev–Trinajstić information content (AvgIpc) is 2.81. The van der Waals surface area contributed by atoms with Crippen molar-refractivity contribution >= 4 is 0 Å². The number of rotatable bonds is 1. The number of hydrogen-bond acceptors (Lipinski definition) is 6. The number of ether oxygens (including phenoxy) is 5. The van der Waals surface area contributed by atoms with Crippen molar-refractivity contribution in [3.05, 3.63) is 0 Å². The molecule has 3 aliphatic rings. The van der Waals surface area contributed by atoms with Crippen molar-refractivity contribution in [1.29, 1.82) is 0 Å². The van der Waals surface area contributed by atoms with Gasteiger partial charge in [-0.25, -0.2) is 0 Å². The topological polar surface area (TPSA) is 66.4 Å². The lowest BCUT2D eigenvalue weighted by atomic mass is 10.1. The zero-order valence-electron chi connectivity index (χ0n) is 11.1. The smallest absolute Gasteiger partial charge is 0.190 e. The van der Waals surface area contributed by atoms with Gasteiger partial charge in [0.05, 0.1) is 6.61 Å². The summed E-state index contributed by atoms with van der Waals surface area (Å²) in [6, 6.07) is 0. The quantitative estimate of drug-likeness (QED) is 0.735. The summed E-state index contributed by atoms with van der Waals surface area (Å²) in [6.45, 7) is 7.68. The van der Waals surface area contributed by atoms with Crippen molar-refractivity contribution < 1.29 is 28.8 Å². The summed E-state index contributed by atoms with van der Waals surface area (Å²) in [5.41, 5.74) is 0. The predicted octanol–water partition coefficient (Wildman–Crippen LogP) is 0.375. The Balaban J connectivity index is 1.68. The van der Waals surface area contributed by atoms with Crippen LogP contribution in [0.1, 0.15) is 27.7 Å². The second-order valence-corrected chi connectivity index (χ2v) is 5.93. The molecule has 104 valence electrons. The molecule has 0 radical (unpaired) electrons. The normalized spacial score (nSPS) is 49.5. The van der Waals surface area contributed by atoms with Crippen molar-refractivity contribution in [3.63, 3.8) is 0 Å². The Hall–Kier alpha value is -0.240. The minimum absolute atomic E-state index is 0.295. The van der Waals surface area contributed by atoms with Crippen LogP contribution in [0.3, 0.4) is 0 Å². The standard InChI is InChI=1S/C12H20O6/c1-11(2)14-5-6(16-11)8-7(13)9-10(15-8)18-12(3,4)17-9/h6-10,13H,5H2,1-4H3/t6?,7-,8-,9?,10-/m1/s1. The van der Waals surface area contributed by atoms with E-state index in [1.165, 1.54) is 0 Å². The van der Waals surface area contributed by atoms with Gasteiger partial charge in [0, 0.05) is 0 Å². The van der Waals surface area contributed by atoms with Gasteiger partial charge in [-0.1, -0.05) is 0 Å². The van der Waals surface area contributed by atoms with Gasteiger partial charge in [0.2, 0.25) is 0 Å². The molecule has 5 atom stereocenters. The van der Waals surface area contributed by atoms with E-state index >= 15 is 0 Å². The second kappa shape index (κ2) is 3.88. The summed E-state index contributed by atoms with van der Waals surface area (Å²) in [4.78, 5) is 0. The van der Waals surface area contributed by atoms with E-state index in [0.29, 0.717) is 6.61 Å². The first kappa shape index (κ1) is 12.8. The first-order valence-corrected chi connectivity index (χ1v) is 6.28. The van der Waals surface area contributed by atoms with Crippen molar-refractivity contribution in [2.75, 3.05) is 6.61 Å². The Bertz CT molecular complexity index is 341. The van der Waals surface area contributed by atoms with Crippen LogP contribution in [-0.2, 0) is 23.7 Å². The molecule has 0 aliphatic carbocycles. The fourth-order valence-electron chi connectivity index (χ4n) is 2.70. The van der Waals surface area contributed by atoms with Gasteiger partial charge in [-0.3, -0.25) is 0 Å². The summed E-state index contributed by atoms with van der Waals surface area (Å²) in [7, 11) is 0. The van der Waals surface area contributed by atoms with Crippen LogP contribution in [0.25, 0.3) is 0 Å². The third kappa shape index (κ3) is 2.07. The largest absolute Gasteiger partial charge is 0.387 e. The monoisotopic (exact) mass is 260 g/mol. The van der Waals surface area contributed by atoms with Crippen molar-refractivity contribution in [2.24, 2.45) is 0 Å². The van der Waals surface area contributed by atoms with Crippen LogP contribution < -0.4 is 0 Å². The Kier molecular flexibility index (Phi) is 2.75. The molecule has 6 nitrogen and oxygen atoms in total. The van der Waals surface area contributed by atoms with E-state index < -0.39 is 36.2 Å². The fourth-order valence-corrected chi connectivity index (χ4v) is 2.70. The predicted molar refractivity (Wildman–Crippen MR) is 59.6 cm³/mol. The molecule has 2 unspecified atom stereocenters.